The van der Waals surface area contributed by atoms with Gasteiger partial charge in [0, 0.05) is 23.7 Å². The highest BCUT2D eigenvalue weighted by atomic mass is 16.6. The second-order valence-electron chi connectivity index (χ2n) is 5.02. The number of carbonyl (C=O) groups excluding carboxylic acids is 1. The maximum atomic E-state index is 11.5. The monoisotopic (exact) mass is 314 g/mol. The van der Waals surface area contributed by atoms with Crippen LogP contribution in [0.5, 0.6) is 0 Å². The smallest absolute Gasteiger partial charge is 0.411 e. The predicted molar refractivity (Wildman–Crippen MR) is 87.6 cm³/mol. The summed E-state index contributed by atoms with van der Waals surface area (Å²) in [5.41, 5.74) is 2.31. The van der Waals surface area contributed by atoms with Crippen LogP contribution in [0.4, 0.5) is 16.2 Å². The molecule has 0 aliphatic rings. The zero-order valence-electron chi connectivity index (χ0n) is 12.8. The fourth-order valence-electron chi connectivity index (χ4n) is 2.11. The van der Waals surface area contributed by atoms with Crippen molar-refractivity contribution in [3.05, 3.63) is 69.8 Å². The number of ether oxygens (including phenoxy) is 1. The SMILES string of the molecule is CCCOC(=O)Nc1ccc(Cc2ccccc2[N+](=O)[O-])cc1. The normalized spacial score (nSPS) is 10.1. The number of para-hydroxylation sites is 1. The average molecular weight is 314 g/mol. The van der Waals surface area contributed by atoms with Gasteiger partial charge in [0.1, 0.15) is 0 Å². The molecule has 0 spiro atoms. The van der Waals surface area contributed by atoms with E-state index in [2.05, 4.69) is 5.32 Å². The predicted octanol–water partition coefficient (Wildman–Crippen LogP) is 4.14. The molecule has 6 nitrogen and oxygen atoms in total. The first-order chi connectivity index (χ1) is 11.1. The molecule has 0 aromatic heterocycles. The van der Waals surface area contributed by atoms with E-state index in [0.29, 0.717) is 24.3 Å². The van der Waals surface area contributed by atoms with Crippen LogP contribution >= 0.6 is 0 Å². The summed E-state index contributed by atoms with van der Waals surface area (Å²) in [5.74, 6) is 0. The Morgan fingerprint density at radius 1 is 1.17 bits per heavy atom. The fraction of sp³-hybridized carbons (Fsp3) is 0.235. The summed E-state index contributed by atoms with van der Waals surface area (Å²) in [6.45, 7) is 2.30. The van der Waals surface area contributed by atoms with Gasteiger partial charge in [-0.25, -0.2) is 4.79 Å². The largest absolute Gasteiger partial charge is 0.449 e. The number of benzene rings is 2. The number of amides is 1. The Kier molecular flexibility index (Phi) is 5.68. The van der Waals surface area contributed by atoms with Crippen molar-refractivity contribution in [2.75, 3.05) is 11.9 Å². The zero-order chi connectivity index (χ0) is 16.7. The maximum Gasteiger partial charge on any atom is 0.411 e. The molecule has 0 aliphatic carbocycles. The first-order valence-corrected chi connectivity index (χ1v) is 7.35. The zero-order valence-corrected chi connectivity index (χ0v) is 12.8. The van der Waals surface area contributed by atoms with Gasteiger partial charge >= 0.3 is 6.09 Å². The molecule has 0 fully saturated rings. The van der Waals surface area contributed by atoms with Crippen LogP contribution in [0.15, 0.2) is 48.5 Å². The van der Waals surface area contributed by atoms with Gasteiger partial charge in [-0.1, -0.05) is 37.3 Å². The number of nitrogens with one attached hydrogen (secondary N) is 1. The second-order valence-corrected chi connectivity index (χ2v) is 5.02. The Bertz CT molecular complexity index is 683. The summed E-state index contributed by atoms with van der Waals surface area (Å²) in [7, 11) is 0. The van der Waals surface area contributed by atoms with Crippen LogP contribution in [0.3, 0.4) is 0 Å². The molecular weight excluding hydrogens is 296 g/mol. The highest BCUT2D eigenvalue weighted by Gasteiger charge is 2.12. The van der Waals surface area contributed by atoms with Crippen molar-refractivity contribution in [1.82, 2.24) is 0 Å². The lowest BCUT2D eigenvalue weighted by Gasteiger charge is -2.07. The fourth-order valence-corrected chi connectivity index (χ4v) is 2.11. The number of anilines is 1. The Balaban J connectivity index is 2.03. The Hall–Kier alpha value is -2.89. The molecule has 2 aromatic rings. The van der Waals surface area contributed by atoms with Gasteiger partial charge in [0.05, 0.1) is 11.5 Å². The van der Waals surface area contributed by atoms with E-state index in [1.165, 1.54) is 6.07 Å². The number of nitro groups is 1. The van der Waals surface area contributed by atoms with Crippen molar-refractivity contribution in [3.8, 4) is 0 Å². The summed E-state index contributed by atoms with van der Waals surface area (Å²) < 4.78 is 4.94. The highest BCUT2D eigenvalue weighted by molar-refractivity contribution is 5.84. The van der Waals surface area contributed by atoms with Crippen LogP contribution in [0, 0.1) is 10.1 Å². The minimum absolute atomic E-state index is 0.109. The van der Waals surface area contributed by atoms with Crippen LogP contribution in [-0.4, -0.2) is 17.6 Å². The van der Waals surface area contributed by atoms with Gasteiger partial charge < -0.3 is 4.74 Å². The number of nitro benzene ring substituents is 1. The van der Waals surface area contributed by atoms with Crippen molar-refractivity contribution in [2.24, 2.45) is 0 Å². The standard InChI is InChI=1S/C17H18N2O4/c1-2-11-23-17(20)18-15-9-7-13(8-10-15)12-14-5-3-4-6-16(14)19(21)22/h3-10H,2,11-12H2,1H3,(H,18,20). The Morgan fingerprint density at radius 2 is 1.87 bits per heavy atom. The maximum absolute atomic E-state index is 11.5. The molecule has 1 N–H and O–H groups in total. The quantitative estimate of drug-likeness (QED) is 0.641. The van der Waals surface area contributed by atoms with Crippen LogP contribution in [-0.2, 0) is 11.2 Å². The number of rotatable bonds is 6. The third-order valence-corrected chi connectivity index (χ3v) is 3.22. The number of nitrogens with zero attached hydrogens (tertiary/aromatic N) is 1. The van der Waals surface area contributed by atoms with Crippen LogP contribution in [0.2, 0.25) is 0 Å². The van der Waals surface area contributed by atoms with Gasteiger partial charge in [-0.05, 0) is 24.1 Å². The van der Waals surface area contributed by atoms with Crippen molar-refractivity contribution >= 4 is 17.5 Å². The van der Waals surface area contributed by atoms with Crippen LogP contribution < -0.4 is 5.32 Å². The molecule has 0 heterocycles. The van der Waals surface area contributed by atoms with E-state index >= 15 is 0 Å². The minimum Gasteiger partial charge on any atom is -0.449 e. The third-order valence-electron chi connectivity index (χ3n) is 3.22. The average Bonchev–Trinajstić information content (AvgIpc) is 2.55. The molecule has 0 atom stereocenters. The Morgan fingerprint density at radius 3 is 2.52 bits per heavy atom. The lowest BCUT2D eigenvalue weighted by atomic mass is 10.0. The van der Waals surface area contributed by atoms with E-state index in [1.807, 2.05) is 19.1 Å². The van der Waals surface area contributed by atoms with Crippen LogP contribution in [0.1, 0.15) is 24.5 Å². The van der Waals surface area contributed by atoms with Crippen LogP contribution in [0.25, 0.3) is 0 Å². The molecule has 2 rings (SSSR count). The van der Waals surface area contributed by atoms with Crippen molar-refractivity contribution in [1.29, 1.82) is 0 Å². The molecule has 1 amide bonds. The van der Waals surface area contributed by atoms with E-state index in [0.717, 1.165) is 12.0 Å². The molecule has 6 heteroatoms. The second kappa shape index (κ2) is 7.93. The molecule has 0 aliphatic heterocycles. The number of hydrogen-bond acceptors (Lipinski definition) is 4. The van der Waals surface area contributed by atoms with Crippen molar-refractivity contribution in [3.63, 3.8) is 0 Å². The van der Waals surface area contributed by atoms with E-state index in [9.17, 15) is 14.9 Å². The van der Waals surface area contributed by atoms with E-state index in [-0.39, 0.29) is 10.6 Å². The van der Waals surface area contributed by atoms with Crippen molar-refractivity contribution < 1.29 is 14.5 Å². The van der Waals surface area contributed by atoms with Gasteiger partial charge in [0.25, 0.3) is 5.69 Å². The van der Waals surface area contributed by atoms with Crippen molar-refractivity contribution in [2.45, 2.75) is 19.8 Å². The molecule has 2 aromatic carbocycles. The first-order valence-electron chi connectivity index (χ1n) is 7.35. The number of hydrogen-bond donors (Lipinski definition) is 1. The molecule has 0 saturated carbocycles. The molecule has 0 bridgehead atoms. The van der Waals surface area contributed by atoms with Gasteiger partial charge in [0.2, 0.25) is 0 Å². The summed E-state index contributed by atoms with van der Waals surface area (Å²) in [6, 6.07) is 13.8. The molecule has 120 valence electrons. The lowest BCUT2D eigenvalue weighted by molar-refractivity contribution is -0.385. The van der Waals surface area contributed by atoms with Gasteiger partial charge in [-0.2, -0.15) is 0 Å². The first kappa shape index (κ1) is 16.5. The topological polar surface area (TPSA) is 81.5 Å². The molecular formula is C17H18N2O4. The van der Waals surface area contributed by atoms with Gasteiger partial charge in [-0.3, -0.25) is 15.4 Å². The van der Waals surface area contributed by atoms with E-state index in [1.54, 1.807) is 30.3 Å². The van der Waals surface area contributed by atoms with E-state index < -0.39 is 6.09 Å². The summed E-state index contributed by atoms with van der Waals surface area (Å²) in [4.78, 5) is 22.1. The molecule has 0 unspecified atom stereocenters. The molecule has 0 saturated heterocycles. The van der Waals surface area contributed by atoms with Gasteiger partial charge in [0.15, 0.2) is 0 Å². The summed E-state index contributed by atoms with van der Waals surface area (Å²) in [6.07, 6.45) is 0.734. The number of carbonyl (C=O) groups is 1. The molecule has 0 radical (unpaired) electrons. The molecule has 23 heavy (non-hydrogen) atoms. The summed E-state index contributed by atoms with van der Waals surface area (Å²) in [5, 5.41) is 13.6. The van der Waals surface area contributed by atoms with E-state index in [4.69, 9.17) is 4.74 Å². The minimum atomic E-state index is -0.488. The summed E-state index contributed by atoms with van der Waals surface area (Å²) >= 11 is 0. The van der Waals surface area contributed by atoms with Gasteiger partial charge in [-0.15, -0.1) is 0 Å². The highest BCUT2D eigenvalue weighted by Crippen LogP contribution is 2.22. The lowest BCUT2D eigenvalue weighted by Crippen LogP contribution is -2.13. The Labute approximate surface area is 134 Å². The third kappa shape index (κ3) is 4.81.